The molecular weight excluding hydrogens is 428 g/mol. The first-order valence-electron chi connectivity index (χ1n) is 10.9. The lowest BCUT2D eigenvalue weighted by Gasteiger charge is -2.38. The zero-order valence-electron chi connectivity index (χ0n) is 17.9. The van der Waals surface area contributed by atoms with Crippen LogP contribution in [0.4, 0.5) is 4.79 Å². The summed E-state index contributed by atoms with van der Waals surface area (Å²) in [5.41, 5.74) is 8.24. The van der Waals surface area contributed by atoms with Crippen LogP contribution in [0.5, 0.6) is 0 Å². The Morgan fingerprint density at radius 3 is 2.22 bits per heavy atom. The number of urea groups is 1. The molecule has 0 aromatic heterocycles. The fourth-order valence-electron chi connectivity index (χ4n) is 4.57. The lowest BCUT2D eigenvalue weighted by Crippen LogP contribution is -2.53. The van der Waals surface area contributed by atoms with Crippen LogP contribution in [0, 0.1) is 0 Å². The van der Waals surface area contributed by atoms with Crippen LogP contribution in [0.25, 0.3) is 0 Å². The molecular formula is C23H28N4O4S. The number of primary amides is 1. The summed E-state index contributed by atoms with van der Waals surface area (Å²) in [6.07, 6.45) is 4.15. The molecule has 1 aliphatic carbocycles. The Bertz CT molecular complexity index is 1100. The predicted octanol–water partition coefficient (Wildman–Crippen LogP) is 1.81. The van der Waals surface area contributed by atoms with Crippen molar-refractivity contribution in [2.24, 2.45) is 5.73 Å². The molecule has 1 fully saturated rings. The first-order valence-corrected chi connectivity index (χ1v) is 12.3. The maximum atomic E-state index is 13.3. The normalized spacial score (nSPS) is 18.5. The third-order valence-electron chi connectivity index (χ3n) is 6.21. The SMILES string of the molecule is NC(=O)NC(=O)[C@H](c1ccccc1)N1CCN(S(=O)(=O)c2ccc3c(c2)CCCC3)CC1. The van der Waals surface area contributed by atoms with Gasteiger partial charge in [-0.3, -0.25) is 15.0 Å². The number of aryl methyl sites for hydroxylation is 2. The second kappa shape index (κ2) is 9.40. The number of imide groups is 1. The van der Waals surface area contributed by atoms with Gasteiger partial charge in [-0.25, -0.2) is 13.2 Å². The zero-order valence-corrected chi connectivity index (χ0v) is 18.7. The molecule has 0 saturated carbocycles. The van der Waals surface area contributed by atoms with E-state index in [0.717, 1.165) is 36.8 Å². The first kappa shape index (κ1) is 22.4. The minimum absolute atomic E-state index is 0.257. The molecule has 0 bridgehead atoms. The summed E-state index contributed by atoms with van der Waals surface area (Å²) in [6.45, 7) is 1.23. The standard InChI is InChI=1S/C23H28N4O4S/c24-23(29)25-22(28)21(18-7-2-1-3-8-18)26-12-14-27(15-13-26)32(30,31)20-11-10-17-6-4-5-9-19(17)16-20/h1-3,7-8,10-11,16,21H,4-6,9,12-15H2,(H3,24,25,28,29)/t21-/m0/s1. The smallest absolute Gasteiger partial charge is 0.318 e. The number of piperazine rings is 1. The van der Waals surface area contributed by atoms with Crippen LogP contribution in [0.1, 0.15) is 35.6 Å². The lowest BCUT2D eigenvalue weighted by atomic mass is 9.92. The molecule has 2 aliphatic rings. The number of amides is 3. The molecule has 1 atom stereocenters. The summed E-state index contributed by atoms with van der Waals surface area (Å²) in [5, 5.41) is 2.16. The number of hydrogen-bond acceptors (Lipinski definition) is 5. The van der Waals surface area contributed by atoms with E-state index in [-0.39, 0.29) is 13.1 Å². The van der Waals surface area contributed by atoms with Crippen LogP contribution in [-0.2, 0) is 27.7 Å². The summed E-state index contributed by atoms with van der Waals surface area (Å²) in [4.78, 5) is 26.2. The van der Waals surface area contributed by atoms with E-state index >= 15 is 0 Å². The monoisotopic (exact) mass is 456 g/mol. The van der Waals surface area contributed by atoms with Gasteiger partial charge in [-0.05, 0) is 54.5 Å². The average Bonchev–Trinajstić information content (AvgIpc) is 2.79. The summed E-state index contributed by atoms with van der Waals surface area (Å²) in [5.74, 6) is -0.519. The number of hydrogen-bond donors (Lipinski definition) is 2. The van der Waals surface area contributed by atoms with Crippen LogP contribution < -0.4 is 11.1 Å². The number of carbonyl (C=O) groups is 2. The number of sulfonamides is 1. The van der Waals surface area contributed by atoms with Gasteiger partial charge < -0.3 is 5.73 Å². The van der Waals surface area contributed by atoms with Gasteiger partial charge in [0.05, 0.1) is 4.90 Å². The molecule has 1 saturated heterocycles. The van der Waals surface area contributed by atoms with Gasteiger partial charge in [-0.1, -0.05) is 36.4 Å². The van der Waals surface area contributed by atoms with Gasteiger partial charge in [0.25, 0.3) is 0 Å². The molecule has 0 spiro atoms. The van der Waals surface area contributed by atoms with Crippen molar-refractivity contribution in [3.05, 3.63) is 65.2 Å². The van der Waals surface area contributed by atoms with E-state index in [9.17, 15) is 18.0 Å². The third kappa shape index (κ3) is 4.69. The molecule has 32 heavy (non-hydrogen) atoms. The highest BCUT2D eigenvalue weighted by Gasteiger charge is 2.35. The molecule has 170 valence electrons. The predicted molar refractivity (Wildman–Crippen MR) is 120 cm³/mol. The van der Waals surface area contributed by atoms with E-state index in [0.29, 0.717) is 18.0 Å². The number of nitrogens with zero attached hydrogens (tertiary/aromatic N) is 2. The van der Waals surface area contributed by atoms with Crippen LogP contribution in [0.2, 0.25) is 0 Å². The van der Waals surface area contributed by atoms with Gasteiger partial charge in [-0.2, -0.15) is 4.31 Å². The molecule has 2 aromatic rings. The van der Waals surface area contributed by atoms with E-state index < -0.39 is 28.0 Å². The molecule has 1 heterocycles. The second-order valence-electron chi connectivity index (χ2n) is 8.24. The molecule has 2 aromatic carbocycles. The summed E-state index contributed by atoms with van der Waals surface area (Å²) in [6, 6.07) is 12.9. The number of nitrogens with two attached hydrogens (primary N) is 1. The molecule has 0 unspecified atom stereocenters. The van der Waals surface area contributed by atoms with Crippen molar-refractivity contribution in [3.63, 3.8) is 0 Å². The number of carbonyl (C=O) groups excluding carboxylic acids is 2. The molecule has 1 aliphatic heterocycles. The van der Waals surface area contributed by atoms with E-state index in [1.54, 1.807) is 6.07 Å². The van der Waals surface area contributed by atoms with Crippen LogP contribution >= 0.6 is 0 Å². The van der Waals surface area contributed by atoms with Gasteiger partial charge in [0, 0.05) is 26.2 Å². The Hall–Kier alpha value is -2.75. The molecule has 8 nitrogen and oxygen atoms in total. The molecule has 0 radical (unpaired) electrons. The molecule has 3 amide bonds. The number of benzene rings is 2. The highest BCUT2D eigenvalue weighted by Crippen LogP contribution is 2.28. The van der Waals surface area contributed by atoms with Crippen molar-refractivity contribution in [1.82, 2.24) is 14.5 Å². The van der Waals surface area contributed by atoms with Crippen molar-refractivity contribution in [3.8, 4) is 0 Å². The summed E-state index contributed by atoms with van der Waals surface area (Å²) < 4.78 is 28.0. The Kier molecular flexibility index (Phi) is 6.59. The van der Waals surface area contributed by atoms with Crippen LogP contribution in [-0.4, -0.2) is 55.7 Å². The maximum Gasteiger partial charge on any atom is 0.318 e. The van der Waals surface area contributed by atoms with Gasteiger partial charge in [0.1, 0.15) is 6.04 Å². The minimum Gasteiger partial charge on any atom is -0.351 e. The van der Waals surface area contributed by atoms with Crippen molar-refractivity contribution in [2.75, 3.05) is 26.2 Å². The Labute approximate surface area is 188 Å². The zero-order chi connectivity index (χ0) is 22.7. The number of fused-ring (bicyclic) bond motifs is 1. The van der Waals surface area contributed by atoms with Crippen molar-refractivity contribution >= 4 is 22.0 Å². The maximum absolute atomic E-state index is 13.3. The van der Waals surface area contributed by atoms with Gasteiger partial charge in [-0.15, -0.1) is 0 Å². The first-order chi connectivity index (χ1) is 15.4. The summed E-state index contributed by atoms with van der Waals surface area (Å²) in [7, 11) is -3.62. The second-order valence-corrected chi connectivity index (χ2v) is 10.2. The molecule has 9 heteroatoms. The average molecular weight is 457 g/mol. The van der Waals surface area contributed by atoms with Gasteiger partial charge in [0.15, 0.2) is 0 Å². The Morgan fingerprint density at radius 2 is 1.56 bits per heavy atom. The van der Waals surface area contributed by atoms with E-state index in [1.807, 2.05) is 47.4 Å². The van der Waals surface area contributed by atoms with E-state index in [1.165, 1.54) is 9.87 Å². The fourth-order valence-corrected chi connectivity index (χ4v) is 6.05. The Balaban J connectivity index is 1.50. The molecule has 4 rings (SSSR count). The highest BCUT2D eigenvalue weighted by atomic mass is 32.2. The number of nitrogens with one attached hydrogen (secondary N) is 1. The van der Waals surface area contributed by atoms with Crippen molar-refractivity contribution < 1.29 is 18.0 Å². The van der Waals surface area contributed by atoms with Gasteiger partial charge in [0.2, 0.25) is 15.9 Å². The number of rotatable bonds is 5. The summed E-state index contributed by atoms with van der Waals surface area (Å²) >= 11 is 0. The lowest BCUT2D eigenvalue weighted by molar-refractivity contribution is -0.126. The van der Waals surface area contributed by atoms with E-state index in [2.05, 4.69) is 5.32 Å². The third-order valence-corrected chi connectivity index (χ3v) is 8.10. The van der Waals surface area contributed by atoms with Gasteiger partial charge >= 0.3 is 6.03 Å². The quantitative estimate of drug-likeness (QED) is 0.713. The minimum atomic E-state index is -3.62. The fraction of sp³-hybridized carbons (Fsp3) is 0.391. The van der Waals surface area contributed by atoms with Crippen molar-refractivity contribution in [1.29, 1.82) is 0 Å². The van der Waals surface area contributed by atoms with Crippen LogP contribution in [0.3, 0.4) is 0 Å². The molecule has 3 N–H and O–H groups in total. The topological polar surface area (TPSA) is 113 Å². The van der Waals surface area contributed by atoms with E-state index in [4.69, 9.17) is 5.73 Å². The van der Waals surface area contributed by atoms with Crippen LogP contribution in [0.15, 0.2) is 53.4 Å². The Morgan fingerprint density at radius 1 is 0.906 bits per heavy atom. The highest BCUT2D eigenvalue weighted by molar-refractivity contribution is 7.89. The van der Waals surface area contributed by atoms with Crippen molar-refractivity contribution in [2.45, 2.75) is 36.6 Å². The largest absolute Gasteiger partial charge is 0.351 e.